The molecule has 1 saturated heterocycles. The van der Waals surface area contributed by atoms with Crippen LogP contribution in [0.5, 0.6) is 0 Å². The van der Waals surface area contributed by atoms with Crippen molar-refractivity contribution in [2.24, 2.45) is 11.7 Å². The van der Waals surface area contributed by atoms with Gasteiger partial charge in [0.25, 0.3) is 0 Å². The Labute approximate surface area is 110 Å². The minimum absolute atomic E-state index is 0.413. The molecule has 2 unspecified atom stereocenters. The highest BCUT2D eigenvalue weighted by atomic mass is 79.9. The Balaban J connectivity index is 2.31. The smallest absolute Gasteiger partial charge is 0.0551 e. The van der Waals surface area contributed by atoms with Gasteiger partial charge in [0.15, 0.2) is 0 Å². The van der Waals surface area contributed by atoms with Crippen LogP contribution in [0, 0.1) is 5.92 Å². The van der Waals surface area contributed by atoms with Crippen LogP contribution < -0.4 is 5.73 Å². The first-order valence-corrected chi connectivity index (χ1v) is 6.66. The molecule has 88 valence electrons. The van der Waals surface area contributed by atoms with E-state index in [2.05, 4.69) is 33.9 Å². The van der Waals surface area contributed by atoms with Crippen LogP contribution in [0.3, 0.4) is 0 Å². The molecule has 0 aliphatic carbocycles. The van der Waals surface area contributed by atoms with Gasteiger partial charge in [-0.3, -0.25) is 4.90 Å². The Morgan fingerprint density at radius 2 is 2.31 bits per heavy atom. The van der Waals surface area contributed by atoms with E-state index < -0.39 is 0 Å². The fraction of sp³-hybridized carbons (Fsp3) is 0.500. The predicted molar refractivity (Wildman–Crippen MR) is 71.7 cm³/mol. The molecule has 0 radical (unpaired) electrons. The van der Waals surface area contributed by atoms with Gasteiger partial charge in [-0.25, -0.2) is 0 Å². The molecule has 2 nitrogen and oxygen atoms in total. The molecule has 2 N–H and O–H groups in total. The van der Waals surface area contributed by atoms with Gasteiger partial charge in [-0.15, -0.1) is 0 Å². The average Bonchev–Trinajstić information content (AvgIpc) is 2.64. The van der Waals surface area contributed by atoms with Gasteiger partial charge in [0.1, 0.15) is 0 Å². The van der Waals surface area contributed by atoms with Crippen LogP contribution in [0.2, 0.25) is 5.02 Å². The molecule has 16 heavy (non-hydrogen) atoms. The first-order valence-electron chi connectivity index (χ1n) is 5.48. The molecule has 1 fully saturated rings. The lowest BCUT2D eigenvalue weighted by molar-refractivity contribution is 0.279. The van der Waals surface area contributed by atoms with Crippen molar-refractivity contribution in [2.75, 3.05) is 20.1 Å². The Hall–Kier alpha value is -0.0900. The quantitative estimate of drug-likeness (QED) is 0.910. The van der Waals surface area contributed by atoms with Gasteiger partial charge >= 0.3 is 0 Å². The first kappa shape index (κ1) is 12.4. The Morgan fingerprint density at radius 1 is 1.56 bits per heavy atom. The van der Waals surface area contributed by atoms with Gasteiger partial charge in [0, 0.05) is 10.5 Å². The van der Waals surface area contributed by atoms with Crippen LogP contribution in [0.4, 0.5) is 0 Å². The molecule has 1 aromatic rings. The molecule has 1 aromatic carbocycles. The van der Waals surface area contributed by atoms with E-state index in [-0.39, 0.29) is 0 Å². The molecule has 0 bridgehead atoms. The lowest BCUT2D eigenvalue weighted by Gasteiger charge is -2.25. The molecule has 1 heterocycles. The molecule has 0 amide bonds. The lowest BCUT2D eigenvalue weighted by Crippen LogP contribution is -2.25. The second-order valence-corrected chi connectivity index (χ2v) is 5.64. The van der Waals surface area contributed by atoms with Gasteiger partial charge in [-0.1, -0.05) is 17.7 Å². The number of nitrogens with two attached hydrogens (primary N) is 1. The van der Waals surface area contributed by atoms with E-state index in [1.54, 1.807) is 0 Å². The van der Waals surface area contributed by atoms with Crippen LogP contribution in [0.25, 0.3) is 0 Å². The van der Waals surface area contributed by atoms with Crippen molar-refractivity contribution in [3.05, 3.63) is 33.3 Å². The van der Waals surface area contributed by atoms with E-state index in [0.717, 1.165) is 22.6 Å². The average molecular weight is 304 g/mol. The number of benzene rings is 1. The molecule has 2 rings (SSSR count). The summed E-state index contributed by atoms with van der Waals surface area (Å²) in [5, 5.41) is 0.772. The summed E-state index contributed by atoms with van der Waals surface area (Å²) in [6, 6.07) is 6.60. The lowest BCUT2D eigenvalue weighted by atomic mass is 9.94. The molecule has 1 aliphatic rings. The second-order valence-electron chi connectivity index (χ2n) is 4.38. The first-order chi connectivity index (χ1) is 7.63. The van der Waals surface area contributed by atoms with Crippen molar-refractivity contribution in [3.8, 4) is 0 Å². The fourth-order valence-corrected chi connectivity index (χ4v) is 2.93. The monoisotopic (exact) mass is 302 g/mol. The van der Waals surface area contributed by atoms with Crippen molar-refractivity contribution in [1.82, 2.24) is 4.90 Å². The largest absolute Gasteiger partial charge is 0.330 e. The van der Waals surface area contributed by atoms with Gasteiger partial charge in [-0.2, -0.15) is 0 Å². The minimum Gasteiger partial charge on any atom is -0.330 e. The maximum atomic E-state index is 6.13. The summed E-state index contributed by atoms with van der Waals surface area (Å²) in [6.07, 6.45) is 1.17. The van der Waals surface area contributed by atoms with Crippen molar-refractivity contribution < 1.29 is 0 Å². The van der Waals surface area contributed by atoms with Crippen LogP contribution in [-0.2, 0) is 0 Å². The molecule has 0 saturated carbocycles. The summed E-state index contributed by atoms with van der Waals surface area (Å²) in [5.41, 5.74) is 7.09. The third kappa shape index (κ3) is 2.28. The van der Waals surface area contributed by atoms with E-state index >= 15 is 0 Å². The maximum Gasteiger partial charge on any atom is 0.0551 e. The Bertz CT molecular complexity index is 383. The Kier molecular flexibility index (Phi) is 3.90. The number of nitrogens with zero attached hydrogens (tertiary/aromatic N) is 1. The van der Waals surface area contributed by atoms with Crippen LogP contribution in [-0.4, -0.2) is 25.0 Å². The Morgan fingerprint density at radius 3 is 2.94 bits per heavy atom. The van der Waals surface area contributed by atoms with E-state index in [0.29, 0.717) is 12.0 Å². The summed E-state index contributed by atoms with van der Waals surface area (Å²) in [4.78, 5) is 2.36. The van der Waals surface area contributed by atoms with Crippen LogP contribution in [0.1, 0.15) is 18.0 Å². The molecular formula is C12H16BrClN2. The van der Waals surface area contributed by atoms with Gasteiger partial charge in [0.05, 0.1) is 5.02 Å². The molecule has 0 aromatic heterocycles. The third-order valence-electron chi connectivity index (χ3n) is 3.36. The van der Waals surface area contributed by atoms with Crippen LogP contribution >= 0.6 is 27.5 Å². The molecule has 1 aliphatic heterocycles. The molecular weight excluding hydrogens is 288 g/mol. The van der Waals surface area contributed by atoms with Gasteiger partial charge in [0.2, 0.25) is 0 Å². The van der Waals surface area contributed by atoms with E-state index in [1.165, 1.54) is 12.0 Å². The second kappa shape index (κ2) is 5.05. The number of halogens is 2. The van der Waals surface area contributed by atoms with Crippen molar-refractivity contribution in [1.29, 1.82) is 0 Å². The molecule has 2 atom stereocenters. The number of rotatable bonds is 2. The summed E-state index contributed by atoms with van der Waals surface area (Å²) < 4.78 is 0.947. The van der Waals surface area contributed by atoms with Crippen molar-refractivity contribution >= 4 is 27.5 Å². The summed E-state index contributed by atoms with van der Waals surface area (Å²) in [5.74, 6) is 0.544. The molecule has 0 spiro atoms. The van der Waals surface area contributed by atoms with E-state index in [4.69, 9.17) is 17.3 Å². The highest BCUT2D eigenvalue weighted by Crippen LogP contribution is 2.37. The fourth-order valence-electron chi connectivity index (χ4n) is 2.50. The van der Waals surface area contributed by atoms with Crippen molar-refractivity contribution in [2.45, 2.75) is 12.5 Å². The SMILES string of the molecule is CN1CCC(CN)C1c1ccc(Br)c(Cl)c1. The van der Waals surface area contributed by atoms with E-state index in [9.17, 15) is 0 Å². The molecule has 4 heteroatoms. The number of hydrogen-bond acceptors (Lipinski definition) is 2. The summed E-state index contributed by atoms with van der Waals surface area (Å²) in [7, 11) is 2.15. The standard InChI is InChI=1S/C12H16BrClN2/c1-16-5-4-9(7-15)12(16)8-2-3-10(13)11(14)6-8/h2-3,6,9,12H,4-5,7,15H2,1H3. The predicted octanol–water partition coefficient (Wildman–Crippen LogP) is 3.05. The van der Waals surface area contributed by atoms with E-state index in [1.807, 2.05) is 12.1 Å². The third-order valence-corrected chi connectivity index (χ3v) is 4.59. The normalized spacial score (nSPS) is 26.2. The zero-order valence-electron chi connectivity index (χ0n) is 9.29. The number of likely N-dealkylation sites (tertiary alicyclic amines) is 1. The summed E-state index contributed by atoms with van der Waals surface area (Å²) >= 11 is 9.55. The zero-order valence-corrected chi connectivity index (χ0v) is 11.6. The van der Waals surface area contributed by atoms with Crippen LogP contribution in [0.15, 0.2) is 22.7 Å². The highest BCUT2D eigenvalue weighted by molar-refractivity contribution is 9.10. The van der Waals surface area contributed by atoms with Crippen molar-refractivity contribution in [3.63, 3.8) is 0 Å². The number of hydrogen-bond donors (Lipinski definition) is 1. The van der Waals surface area contributed by atoms with Gasteiger partial charge in [-0.05, 0) is 66.1 Å². The van der Waals surface area contributed by atoms with Gasteiger partial charge < -0.3 is 5.73 Å². The highest BCUT2D eigenvalue weighted by Gasteiger charge is 2.31. The zero-order chi connectivity index (χ0) is 11.7. The summed E-state index contributed by atoms with van der Waals surface area (Å²) in [6.45, 7) is 1.85. The minimum atomic E-state index is 0.413. The topological polar surface area (TPSA) is 29.3 Å². The maximum absolute atomic E-state index is 6.13.